The molecule has 0 saturated carbocycles. The minimum Gasteiger partial charge on any atom is -0.480 e. The van der Waals surface area contributed by atoms with Crippen molar-refractivity contribution in [3.05, 3.63) is 59.7 Å². The average Bonchev–Trinajstić information content (AvgIpc) is 2.99. The highest BCUT2D eigenvalue weighted by molar-refractivity contribution is 6.00. The van der Waals surface area contributed by atoms with E-state index in [1.165, 1.54) is 0 Å². The van der Waals surface area contributed by atoms with Gasteiger partial charge in [-0.3, -0.25) is 14.4 Å². The SMILES string of the molecule is CC(C)(C)OC(=O)C(C(=O)OCC1c2ccccc2-c2ccccc21)C(N)C(=O)O. The number of carbonyl (C=O) groups excluding carboxylic acids is 2. The largest absolute Gasteiger partial charge is 0.480 e. The van der Waals surface area contributed by atoms with E-state index in [9.17, 15) is 19.5 Å². The zero-order valence-electron chi connectivity index (χ0n) is 17.1. The van der Waals surface area contributed by atoms with Crippen LogP contribution in [0.3, 0.4) is 0 Å². The minimum absolute atomic E-state index is 0.0432. The third-order valence-electron chi connectivity index (χ3n) is 4.91. The Morgan fingerprint density at radius 2 is 1.47 bits per heavy atom. The molecule has 0 bridgehead atoms. The van der Waals surface area contributed by atoms with Gasteiger partial charge in [-0.2, -0.15) is 0 Å². The Morgan fingerprint density at radius 3 is 1.93 bits per heavy atom. The second kappa shape index (κ2) is 8.28. The number of aliphatic carboxylic acids is 1. The van der Waals surface area contributed by atoms with E-state index in [1.54, 1.807) is 20.8 Å². The lowest BCUT2D eigenvalue weighted by Crippen LogP contribution is -2.49. The first kappa shape index (κ1) is 21.5. The molecule has 2 aromatic carbocycles. The number of ether oxygens (including phenoxy) is 2. The van der Waals surface area contributed by atoms with Crippen molar-refractivity contribution in [2.45, 2.75) is 38.3 Å². The van der Waals surface area contributed by atoms with Gasteiger partial charge in [-0.25, -0.2) is 0 Å². The Labute approximate surface area is 174 Å². The van der Waals surface area contributed by atoms with Crippen LogP contribution in [0.2, 0.25) is 0 Å². The number of carbonyl (C=O) groups is 3. The molecule has 0 heterocycles. The van der Waals surface area contributed by atoms with Crippen molar-refractivity contribution in [1.29, 1.82) is 0 Å². The summed E-state index contributed by atoms with van der Waals surface area (Å²) in [7, 11) is 0. The maximum absolute atomic E-state index is 12.7. The molecule has 2 aromatic rings. The van der Waals surface area contributed by atoms with Crippen LogP contribution in [-0.2, 0) is 23.9 Å². The fourth-order valence-electron chi connectivity index (χ4n) is 3.59. The van der Waals surface area contributed by atoms with Crippen LogP contribution in [-0.4, -0.2) is 41.3 Å². The molecule has 0 saturated heterocycles. The van der Waals surface area contributed by atoms with E-state index in [4.69, 9.17) is 15.2 Å². The van der Waals surface area contributed by atoms with Crippen molar-refractivity contribution < 1.29 is 29.0 Å². The van der Waals surface area contributed by atoms with Crippen LogP contribution >= 0.6 is 0 Å². The van der Waals surface area contributed by atoms with Crippen LogP contribution < -0.4 is 5.73 Å². The van der Waals surface area contributed by atoms with Gasteiger partial charge in [-0.1, -0.05) is 48.5 Å². The summed E-state index contributed by atoms with van der Waals surface area (Å²) in [6.07, 6.45) is 0. The Kier molecular flexibility index (Phi) is 5.94. The molecule has 2 atom stereocenters. The molecule has 30 heavy (non-hydrogen) atoms. The summed E-state index contributed by atoms with van der Waals surface area (Å²) in [5.74, 6) is -5.50. The van der Waals surface area contributed by atoms with Crippen LogP contribution in [0.4, 0.5) is 0 Å². The zero-order chi connectivity index (χ0) is 22.1. The van der Waals surface area contributed by atoms with Gasteiger partial charge in [0.2, 0.25) is 0 Å². The number of fused-ring (bicyclic) bond motifs is 3. The van der Waals surface area contributed by atoms with Gasteiger partial charge >= 0.3 is 17.9 Å². The predicted octanol–water partition coefficient (Wildman–Crippen LogP) is 2.71. The summed E-state index contributed by atoms with van der Waals surface area (Å²) in [5, 5.41) is 9.25. The molecule has 3 rings (SSSR count). The van der Waals surface area contributed by atoms with Gasteiger partial charge in [0.15, 0.2) is 5.92 Å². The molecule has 1 aliphatic carbocycles. The lowest BCUT2D eigenvalue weighted by atomic mass is 9.97. The normalized spacial score (nSPS) is 14.9. The molecule has 158 valence electrons. The number of carboxylic acid groups (broad SMARTS) is 1. The monoisotopic (exact) mass is 411 g/mol. The highest BCUT2D eigenvalue weighted by Crippen LogP contribution is 2.44. The summed E-state index contributed by atoms with van der Waals surface area (Å²) in [6.45, 7) is 4.81. The summed E-state index contributed by atoms with van der Waals surface area (Å²) in [4.78, 5) is 36.6. The quantitative estimate of drug-likeness (QED) is 0.554. The smallest absolute Gasteiger partial charge is 0.323 e. The fourth-order valence-corrected chi connectivity index (χ4v) is 3.59. The van der Waals surface area contributed by atoms with Crippen molar-refractivity contribution in [2.75, 3.05) is 6.61 Å². The first-order valence-corrected chi connectivity index (χ1v) is 9.66. The number of nitrogens with two attached hydrogens (primary N) is 1. The van der Waals surface area contributed by atoms with Crippen molar-refractivity contribution in [3.63, 3.8) is 0 Å². The van der Waals surface area contributed by atoms with Crippen LogP contribution in [0.15, 0.2) is 48.5 Å². The maximum Gasteiger partial charge on any atom is 0.323 e. The zero-order valence-corrected chi connectivity index (χ0v) is 17.1. The molecule has 0 amide bonds. The molecule has 0 fully saturated rings. The average molecular weight is 411 g/mol. The number of hydrogen-bond donors (Lipinski definition) is 2. The molecule has 0 radical (unpaired) electrons. The van der Waals surface area contributed by atoms with Gasteiger partial charge < -0.3 is 20.3 Å². The van der Waals surface area contributed by atoms with Crippen LogP contribution in [0.1, 0.15) is 37.8 Å². The Balaban J connectivity index is 1.82. The van der Waals surface area contributed by atoms with E-state index in [-0.39, 0.29) is 12.5 Å². The number of benzene rings is 2. The molecule has 0 aliphatic heterocycles. The number of esters is 2. The highest BCUT2D eigenvalue weighted by atomic mass is 16.6. The highest BCUT2D eigenvalue weighted by Gasteiger charge is 2.42. The third kappa shape index (κ3) is 4.36. The molecule has 7 heteroatoms. The molecule has 0 spiro atoms. The van der Waals surface area contributed by atoms with Crippen LogP contribution in [0, 0.1) is 5.92 Å². The van der Waals surface area contributed by atoms with Crippen molar-refractivity contribution in [3.8, 4) is 11.1 Å². The molecular weight excluding hydrogens is 386 g/mol. The molecule has 3 N–H and O–H groups in total. The fraction of sp³-hybridized carbons (Fsp3) is 0.348. The van der Waals surface area contributed by atoms with Gasteiger partial charge in [-0.05, 0) is 43.0 Å². The summed E-state index contributed by atoms with van der Waals surface area (Å²) in [6, 6.07) is 13.8. The van der Waals surface area contributed by atoms with Crippen molar-refractivity contribution in [1.82, 2.24) is 0 Å². The number of carboxylic acids is 1. The second-order valence-electron chi connectivity index (χ2n) is 8.23. The summed E-state index contributed by atoms with van der Waals surface area (Å²) >= 11 is 0. The van der Waals surface area contributed by atoms with Crippen LogP contribution in [0.5, 0.6) is 0 Å². The topological polar surface area (TPSA) is 116 Å². The van der Waals surface area contributed by atoms with Crippen molar-refractivity contribution in [2.24, 2.45) is 11.7 Å². The van der Waals surface area contributed by atoms with Gasteiger partial charge in [0.05, 0.1) is 0 Å². The van der Waals surface area contributed by atoms with E-state index in [2.05, 4.69) is 0 Å². The van der Waals surface area contributed by atoms with Crippen molar-refractivity contribution >= 4 is 17.9 Å². The molecule has 2 unspecified atom stereocenters. The minimum atomic E-state index is -1.77. The third-order valence-corrected chi connectivity index (χ3v) is 4.91. The Hall–Kier alpha value is -3.19. The second-order valence-corrected chi connectivity index (χ2v) is 8.23. The van der Waals surface area contributed by atoms with Gasteiger partial charge in [0.1, 0.15) is 18.2 Å². The van der Waals surface area contributed by atoms with E-state index >= 15 is 0 Å². The van der Waals surface area contributed by atoms with E-state index in [0.29, 0.717) is 0 Å². The standard InChI is InChI=1S/C23H25NO6/c1-23(2,3)30-22(28)18(19(24)20(25)26)21(27)29-12-17-15-10-6-4-8-13(15)14-9-5-7-11-16(14)17/h4-11,17-19H,12,24H2,1-3H3,(H,25,26). The first-order chi connectivity index (χ1) is 14.1. The molecule has 0 aromatic heterocycles. The predicted molar refractivity (Wildman–Crippen MR) is 110 cm³/mol. The molecular formula is C23H25NO6. The Morgan fingerprint density at radius 1 is 0.967 bits per heavy atom. The van der Waals surface area contributed by atoms with E-state index in [1.807, 2.05) is 48.5 Å². The first-order valence-electron chi connectivity index (χ1n) is 9.66. The van der Waals surface area contributed by atoms with Gasteiger partial charge in [0, 0.05) is 5.92 Å². The van der Waals surface area contributed by atoms with Gasteiger partial charge in [0.25, 0.3) is 0 Å². The lowest BCUT2D eigenvalue weighted by molar-refractivity contribution is -0.173. The maximum atomic E-state index is 12.7. The van der Waals surface area contributed by atoms with Crippen LogP contribution in [0.25, 0.3) is 11.1 Å². The summed E-state index contributed by atoms with van der Waals surface area (Å²) < 4.78 is 10.6. The number of hydrogen-bond acceptors (Lipinski definition) is 6. The van der Waals surface area contributed by atoms with E-state index in [0.717, 1.165) is 22.3 Å². The van der Waals surface area contributed by atoms with E-state index < -0.39 is 35.5 Å². The molecule has 1 aliphatic rings. The number of rotatable bonds is 6. The lowest BCUT2D eigenvalue weighted by Gasteiger charge is -2.25. The summed E-state index contributed by atoms with van der Waals surface area (Å²) in [5.41, 5.74) is 8.83. The Bertz CT molecular complexity index is 932. The van der Waals surface area contributed by atoms with Gasteiger partial charge in [-0.15, -0.1) is 0 Å². The molecule has 7 nitrogen and oxygen atoms in total.